The molecule has 1 aliphatic heterocycles. The Balaban J connectivity index is 1.66. The van der Waals surface area contributed by atoms with Gasteiger partial charge in [0, 0.05) is 17.5 Å². The van der Waals surface area contributed by atoms with E-state index in [1.54, 1.807) is 25.1 Å². The summed E-state index contributed by atoms with van der Waals surface area (Å²) in [5, 5.41) is 6.72. The van der Waals surface area contributed by atoms with Crippen LogP contribution in [0.3, 0.4) is 0 Å². The van der Waals surface area contributed by atoms with Crippen molar-refractivity contribution in [2.24, 2.45) is 11.8 Å². The van der Waals surface area contributed by atoms with Gasteiger partial charge < -0.3 is 10.6 Å². The summed E-state index contributed by atoms with van der Waals surface area (Å²) in [6, 6.07) is 11.7. The van der Waals surface area contributed by atoms with Crippen molar-refractivity contribution >= 4 is 23.4 Å². The minimum absolute atomic E-state index is 0.0646. The van der Waals surface area contributed by atoms with Crippen molar-refractivity contribution in [3.05, 3.63) is 70.0 Å². The molecule has 2 aromatic carbocycles. The Labute approximate surface area is 181 Å². The second-order valence-corrected chi connectivity index (χ2v) is 8.81. The van der Waals surface area contributed by atoms with Gasteiger partial charge in [0.1, 0.15) is 5.82 Å². The third kappa shape index (κ3) is 4.22. The van der Waals surface area contributed by atoms with E-state index in [-0.39, 0.29) is 41.9 Å². The number of carbonyl (C=O) groups is 2. The average molecular weight is 429 g/mol. The largest absolute Gasteiger partial charge is 0.353 e. The minimum atomic E-state index is -0.516. The highest BCUT2D eigenvalue weighted by atomic mass is 35.5. The molecule has 0 aromatic heterocycles. The first kappa shape index (κ1) is 20.9. The molecule has 1 saturated heterocycles. The monoisotopic (exact) mass is 428 g/mol. The van der Waals surface area contributed by atoms with E-state index >= 15 is 0 Å². The van der Waals surface area contributed by atoms with Gasteiger partial charge in [0.15, 0.2) is 0 Å². The first-order valence-corrected chi connectivity index (χ1v) is 10.9. The lowest BCUT2D eigenvalue weighted by atomic mass is 9.72. The number of hydrogen-bond acceptors (Lipinski definition) is 2. The number of piperidine rings is 1. The molecule has 4 nitrogen and oxygen atoms in total. The number of hydrogen-bond donors (Lipinski definition) is 2. The van der Waals surface area contributed by atoms with Gasteiger partial charge in [0.05, 0.1) is 12.0 Å². The SMILES string of the molecule is Cc1cc(C(NC(=O)C2CC(=O)NC3CCCCC32)c2ccccc2Cl)ccc1F. The first-order chi connectivity index (χ1) is 14.4. The van der Waals surface area contributed by atoms with Gasteiger partial charge in [-0.2, -0.15) is 0 Å². The van der Waals surface area contributed by atoms with Crippen LogP contribution < -0.4 is 10.6 Å². The van der Waals surface area contributed by atoms with Gasteiger partial charge in [-0.1, -0.05) is 54.8 Å². The number of aryl methyl sites for hydroxylation is 1. The van der Waals surface area contributed by atoms with Gasteiger partial charge in [-0.3, -0.25) is 9.59 Å². The molecule has 2 fully saturated rings. The van der Waals surface area contributed by atoms with Crippen LogP contribution in [0.4, 0.5) is 4.39 Å². The summed E-state index contributed by atoms with van der Waals surface area (Å²) in [4.78, 5) is 25.7. The minimum Gasteiger partial charge on any atom is -0.353 e. The molecule has 2 aromatic rings. The fourth-order valence-corrected chi connectivity index (χ4v) is 5.12. The maximum atomic E-state index is 13.9. The highest BCUT2D eigenvalue weighted by Crippen LogP contribution is 2.37. The summed E-state index contributed by atoms with van der Waals surface area (Å²) in [7, 11) is 0. The highest BCUT2D eigenvalue weighted by molar-refractivity contribution is 6.31. The molecule has 158 valence electrons. The Morgan fingerprint density at radius 1 is 1.20 bits per heavy atom. The molecular formula is C24H26ClFN2O2. The third-order valence-electron chi connectivity index (χ3n) is 6.44. The zero-order valence-electron chi connectivity index (χ0n) is 17.0. The fraction of sp³-hybridized carbons (Fsp3) is 0.417. The topological polar surface area (TPSA) is 58.2 Å². The Hall–Kier alpha value is -2.40. The van der Waals surface area contributed by atoms with Crippen molar-refractivity contribution in [2.45, 2.75) is 51.1 Å². The summed E-state index contributed by atoms with van der Waals surface area (Å²) >= 11 is 6.45. The maximum Gasteiger partial charge on any atom is 0.224 e. The van der Waals surface area contributed by atoms with Crippen molar-refractivity contribution in [1.29, 1.82) is 0 Å². The normalized spacial score (nSPS) is 24.5. The standard InChI is InChI=1S/C24H26ClFN2O2/c1-14-12-15(10-11-20(14)26)23(17-7-2-4-8-19(17)25)28-24(30)18-13-22(29)27-21-9-5-3-6-16(18)21/h2,4,7-8,10-12,16,18,21,23H,3,5-6,9,13H2,1H3,(H,27,29)(H,28,30). The summed E-state index contributed by atoms with van der Waals surface area (Å²) in [5.74, 6) is -0.718. The number of nitrogens with one attached hydrogen (secondary N) is 2. The summed E-state index contributed by atoms with van der Waals surface area (Å²) in [6.07, 6.45) is 4.21. The Morgan fingerprint density at radius 3 is 2.73 bits per heavy atom. The highest BCUT2D eigenvalue weighted by Gasteiger charge is 2.42. The molecular weight excluding hydrogens is 403 g/mol. The van der Waals surface area contributed by atoms with Crippen molar-refractivity contribution in [1.82, 2.24) is 10.6 Å². The second kappa shape index (κ2) is 8.76. The quantitative estimate of drug-likeness (QED) is 0.742. The van der Waals surface area contributed by atoms with Gasteiger partial charge >= 0.3 is 0 Å². The molecule has 2 amide bonds. The van der Waals surface area contributed by atoms with Crippen LogP contribution >= 0.6 is 11.6 Å². The zero-order valence-corrected chi connectivity index (χ0v) is 17.7. The van der Waals surface area contributed by atoms with Gasteiger partial charge in [0.25, 0.3) is 0 Å². The van der Waals surface area contributed by atoms with E-state index in [1.807, 2.05) is 18.2 Å². The van der Waals surface area contributed by atoms with E-state index in [0.29, 0.717) is 10.6 Å². The van der Waals surface area contributed by atoms with Crippen molar-refractivity contribution in [3.8, 4) is 0 Å². The molecule has 4 rings (SSSR count). The molecule has 0 spiro atoms. The van der Waals surface area contributed by atoms with Crippen LogP contribution in [-0.2, 0) is 9.59 Å². The molecule has 6 heteroatoms. The van der Waals surface area contributed by atoms with Crippen LogP contribution in [0.2, 0.25) is 5.02 Å². The number of carbonyl (C=O) groups excluding carboxylic acids is 2. The number of halogens is 2. The molecule has 0 bridgehead atoms. The van der Waals surface area contributed by atoms with Crippen LogP contribution in [0.15, 0.2) is 42.5 Å². The van der Waals surface area contributed by atoms with Gasteiger partial charge in [-0.25, -0.2) is 4.39 Å². The fourth-order valence-electron chi connectivity index (χ4n) is 4.87. The van der Waals surface area contributed by atoms with E-state index in [0.717, 1.165) is 36.8 Å². The molecule has 0 radical (unpaired) electrons. The summed E-state index contributed by atoms with van der Waals surface area (Å²) in [6.45, 7) is 1.70. The van der Waals surface area contributed by atoms with Crippen LogP contribution in [0.25, 0.3) is 0 Å². The summed E-state index contributed by atoms with van der Waals surface area (Å²) in [5.41, 5.74) is 2.01. The Morgan fingerprint density at radius 2 is 1.97 bits per heavy atom. The predicted octanol–water partition coefficient (Wildman–Crippen LogP) is 4.69. The average Bonchev–Trinajstić information content (AvgIpc) is 2.74. The van der Waals surface area contributed by atoms with Gasteiger partial charge in [-0.15, -0.1) is 0 Å². The smallest absolute Gasteiger partial charge is 0.224 e. The number of fused-ring (bicyclic) bond motifs is 1. The molecule has 30 heavy (non-hydrogen) atoms. The van der Waals surface area contributed by atoms with E-state index in [9.17, 15) is 14.0 Å². The van der Waals surface area contributed by atoms with Gasteiger partial charge in [0.2, 0.25) is 11.8 Å². The predicted molar refractivity (Wildman–Crippen MR) is 115 cm³/mol. The molecule has 1 saturated carbocycles. The molecule has 4 atom stereocenters. The van der Waals surface area contributed by atoms with E-state index in [2.05, 4.69) is 10.6 Å². The molecule has 2 aliphatic rings. The van der Waals surface area contributed by atoms with E-state index in [4.69, 9.17) is 11.6 Å². The van der Waals surface area contributed by atoms with Crippen LogP contribution in [0.5, 0.6) is 0 Å². The first-order valence-electron chi connectivity index (χ1n) is 10.5. The molecule has 1 heterocycles. The third-order valence-corrected chi connectivity index (χ3v) is 6.79. The number of rotatable bonds is 4. The maximum absolute atomic E-state index is 13.9. The lowest BCUT2D eigenvalue weighted by Gasteiger charge is -2.41. The Bertz CT molecular complexity index is 964. The van der Waals surface area contributed by atoms with Crippen LogP contribution in [0.1, 0.15) is 54.8 Å². The van der Waals surface area contributed by atoms with Crippen LogP contribution in [-0.4, -0.2) is 17.9 Å². The lowest BCUT2D eigenvalue weighted by Crippen LogP contribution is -2.54. The lowest BCUT2D eigenvalue weighted by molar-refractivity contribution is -0.137. The number of amides is 2. The van der Waals surface area contributed by atoms with E-state index in [1.165, 1.54) is 6.07 Å². The zero-order chi connectivity index (χ0) is 21.3. The van der Waals surface area contributed by atoms with Crippen molar-refractivity contribution in [2.75, 3.05) is 0 Å². The second-order valence-electron chi connectivity index (χ2n) is 8.40. The number of benzene rings is 2. The van der Waals surface area contributed by atoms with Crippen molar-refractivity contribution < 1.29 is 14.0 Å². The van der Waals surface area contributed by atoms with E-state index < -0.39 is 6.04 Å². The molecule has 1 aliphatic carbocycles. The molecule has 4 unspecified atom stereocenters. The Kier molecular flexibility index (Phi) is 6.09. The van der Waals surface area contributed by atoms with Crippen LogP contribution in [0, 0.1) is 24.6 Å². The van der Waals surface area contributed by atoms with Gasteiger partial charge in [-0.05, 0) is 54.5 Å². The summed E-state index contributed by atoms with van der Waals surface area (Å²) < 4.78 is 13.9. The molecule has 2 N–H and O–H groups in total. The van der Waals surface area contributed by atoms with Crippen molar-refractivity contribution in [3.63, 3.8) is 0 Å².